The lowest BCUT2D eigenvalue weighted by molar-refractivity contribution is -0.00518. The fraction of sp³-hybridized carbons (Fsp3) is 0.400. The number of alkyl halides is 2. The van der Waals surface area contributed by atoms with Gasteiger partial charge in [-0.05, 0) is 5.56 Å². The van der Waals surface area contributed by atoms with Gasteiger partial charge in [-0.2, -0.15) is 0 Å². The standard InChI is InChI=1S/C10H13F2N/c1-10(11,12)9(7-13)8-5-3-2-4-6-8/h2-6,9H,7,13H2,1H3. The van der Waals surface area contributed by atoms with Crippen LogP contribution in [0.5, 0.6) is 0 Å². The summed E-state index contributed by atoms with van der Waals surface area (Å²) < 4.78 is 26.0. The van der Waals surface area contributed by atoms with Crippen LogP contribution in [0.15, 0.2) is 30.3 Å². The zero-order valence-corrected chi connectivity index (χ0v) is 7.50. The highest BCUT2D eigenvalue weighted by Crippen LogP contribution is 2.31. The molecule has 13 heavy (non-hydrogen) atoms. The van der Waals surface area contributed by atoms with Crippen LogP contribution in [0.2, 0.25) is 0 Å². The summed E-state index contributed by atoms with van der Waals surface area (Å²) in [6, 6.07) is 8.63. The molecule has 0 saturated heterocycles. The summed E-state index contributed by atoms with van der Waals surface area (Å²) >= 11 is 0. The molecule has 0 amide bonds. The minimum absolute atomic E-state index is 0.0342. The van der Waals surface area contributed by atoms with E-state index in [9.17, 15) is 8.78 Å². The third-order valence-electron chi connectivity index (χ3n) is 2.05. The Balaban J connectivity index is 2.92. The summed E-state index contributed by atoms with van der Waals surface area (Å²) in [6.45, 7) is 0.866. The molecule has 2 N–H and O–H groups in total. The summed E-state index contributed by atoms with van der Waals surface area (Å²) in [4.78, 5) is 0. The average Bonchev–Trinajstić information content (AvgIpc) is 2.05. The van der Waals surface area contributed by atoms with Crippen LogP contribution in [0.4, 0.5) is 8.78 Å². The van der Waals surface area contributed by atoms with Gasteiger partial charge in [0.05, 0.1) is 5.92 Å². The van der Waals surface area contributed by atoms with Gasteiger partial charge in [-0.25, -0.2) is 8.78 Å². The molecule has 0 aliphatic heterocycles. The quantitative estimate of drug-likeness (QED) is 0.768. The van der Waals surface area contributed by atoms with Crippen LogP contribution in [0.1, 0.15) is 18.4 Å². The Hall–Kier alpha value is -0.960. The van der Waals surface area contributed by atoms with Gasteiger partial charge in [0.2, 0.25) is 0 Å². The molecule has 1 unspecified atom stereocenters. The highest BCUT2D eigenvalue weighted by atomic mass is 19.3. The van der Waals surface area contributed by atoms with Crippen molar-refractivity contribution in [3.8, 4) is 0 Å². The molecule has 0 bridgehead atoms. The average molecular weight is 185 g/mol. The van der Waals surface area contributed by atoms with Gasteiger partial charge in [0.1, 0.15) is 0 Å². The van der Waals surface area contributed by atoms with Crippen molar-refractivity contribution in [1.82, 2.24) is 0 Å². The highest BCUT2D eigenvalue weighted by Gasteiger charge is 2.33. The fourth-order valence-corrected chi connectivity index (χ4v) is 1.32. The monoisotopic (exact) mass is 185 g/mol. The van der Waals surface area contributed by atoms with Crippen LogP contribution in [-0.4, -0.2) is 12.5 Å². The molecule has 0 heterocycles. The third kappa shape index (κ3) is 2.49. The van der Waals surface area contributed by atoms with E-state index < -0.39 is 11.8 Å². The molecule has 0 spiro atoms. The van der Waals surface area contributed by atoms with E-state index in [2.05, 4.69) is 0 Å². The number of hydrogen-bond donors (Lipinski definition) is 1. The van der Waals surface area contributed by atoms with Gasteiger partial charge < -0.3 is 5.73 Å². The summed E-state index contributed by atoms with van der Waals surface area (Å²) in [5, 5.41) is 0. The molecule has 0 saturated carbocycles. The number of rotatable bonds is 3. The van der Waals surface area contributed by atoms with Crippen LogP contribution in [-0.2, 0) is 0 Å². The predicted octanol–water partition coefficient (Wildman–Crippen LogP) is 2.38. The Morgan fingerprint density at radius 3 is 2.23 bits per heavy atom. The van der Waals surface area contributed by atoms with Gasteiger partial charge in [-0.1, -0.05) is 30.3 Å². The van der Waals surface area contributed by atoms with Gasteiger partial charge >= 0.3 is 0 Å². The zero-order chi connectivity index (χ0) is 9.90. The lowest BCUT2D eigenvalue weighted by Gasteiger charge is -2.22. The van der Waals surface area contributed by atoms with E-state index in [4.69, 9.17) is 5.73 Å². The normalized spacial score (nSPS) is 14.2. The van der Waals surface area contributed by atoms with E-state index in [1.54, 1.807) is 30.3 Å². The van der Waals surface area contributed by atoms with Crippen LogP contribution >= 0.6 is 0 Å². The van der Waals surface area contributed by atoms with E-state index in [0.717, 1.165) is 6.92 Å². The van der Waals surface area contributed by atoms with Gasteiger partial charge in [0, 0.05) is 13.5 Å². The second-order valence-corrected chi connectivity index (χ2v) is 3.16. The smallest absolute Gasteiger partial charge is 0.253 e. The lowest BCUT2D eigenvalue weighted by atomic mass is 9.94. The molecule has 1 aromatic carbocycles. The maximum absolute atomic E-state index is 13.0. The summed E-state index contributed by atoms with van der Waals surface area (Å²) in [5.74, 6) is -3.63. The molecular formula is C10H13F2N. The number of hydrogen-bond acceptors (Lipinski definition) is 1. The Bertz CT molecular complexity index is 253. The molecule has 3 heteroatoms. The molecule has 0 radical (unpaired) electrons. The van der Waals surface area contributed by atoms with Gasteiger partial charge in [0.15, 0.2) is 0 Å². The van der Waals surface area contributed by atoms with Crippen LogP contribution in [0, 0.1) is 0 Å². The molecular weight excluding hydrogens is 172 g/mol. The minimum atomic E-state index is -2.75. The molecule has 1 aromatic rings. The first-order valence-electron chi connectivity index (χ1n) is 4.18. The molecule has 0 aromatic heterocycles. The van der Waals surface area contributed by atoms with Crippen LogP contribution in [0.25, 0.3) is 0 Å². The minimum Gasteiger partial charge on any atom is -0.330 e. The molecule has 0 aliphatic rings. The van der Waals surface area contributed by atoms with E-state index in [1.165, 1.54) is 0 Å². The third-order valence-corrected chi connectivity index (χ3v) is 2.05. The van der Waals surface area contributed by atoms with Crippen molar-refractivity contribution in [2.75, 3.05) is 6.54 Å². The van der Waals surface area contributed by atoms with Crippen molar-refractivity contribution >= 4 is 0 Å². The Labute approximate surface area is 76.6 Å². The largest absolute Gasteiger partial charge is 0.330 e. The van der Waals surface area contributed by atoms with Crippen molar-refractivity contribution in [3.63, 3.8) is 0 Å². The maximum atomic E-state index is 13.0. The molecule has 0 aliphatic carbocycles. The summed E-state index contributed by atoms with van der Waals surface area (Å²) in [7, 11) is 0. The van der Waals surface area contributed by atoms with Crippen molar-refractivity contribution in [1.29, 1.82) is 0 Å². The number of halogens is 2. The van der Waals surface area contributed by atoms with E-state index >= 15 is 0 Å². The van der Waals surface area contributed by atoms with Crippen LogP contribution in [0.3, 0.4) is 0 Å². The van der Waals surface area contributed by atoms with Crippen LogP contribution < -0.4 is 5.73 Å². The van der Waals surface area contributed by atoms with E-state index in [-0.39, 0.29) is 6.54 Å². The molecule has 0 fully saturated rings. The van der Waals surface area contributed by atoms with Crippen molar-refractivity contribution in [2.45, 2.75) is 18.8 Å². The number of benzene rings is 1. The SMILES string of the molecule is CC(F)(F)C(CN)c1ccccc1. The molecule has 1 nitrogen and oxygen atoms in total. The van der Waals surface area contributed by atoms with Gasteiger partial charge in [0.25, 0.3) is 5.92 Å². The Morgan fingerprint density at radius 1 is 1.31 bits per heavy atom. The Morgan fingerprint density at radius 2 is 1.85 bits per heavy atom. The predicted molar refractivity (Wildman–Crippen MR) is 48.9 cm³/mol. The second kappa shape index (κ2) is 3.83. The second-order valence-electron chi connectivity index (χ2n) is 3.16. The zero-order valence-electron chi connectivity index (χ0n) is 7.50. The van der Waals surface area contributed by atoms with E-state index in [0.29, 0.717) is 5.56 Å². The maximum Gasteiger partial charge on any atom is 0.253 e. The molecule has 1 atom stereocenters. The van der Waals surface area contributed by atoms with E-state index in [1.807, 2.05) is 0 Å². The lowest BCUT2D eigenvalue weighted by Crippen LogP contribution is -2.29. The van der Waals surface area contributed by atoms with Gasteiger partial charge in [-0.15, -0.1) is 0 Å². The Kier molecular flexibility index (Phi) is 2.98. The first-order valence-corrected chi connectivity index (χ1v) is 4.18. The first kappa shape index (κ1) is 10.1. The topological polar surface area (TPSA) is 26.0 Å². The van der Waals surface area contributed by atoms with Crippen molar-refractivity contribution in [2.24, 2.45) is 5.73 Å². The highest BCUT2D eigenvalue weighted by molar-refractivity contribution is 5.21. The first-order chi connectivity index (χ1) is 6.05. The van der Waals surface area contributed by atoms with Gasteiger partial charge in [-0.3, -0.25) is 0 Å². The number of nitrogens with two attached hydrogens (primary N) is 1. The summed E-state index contributed by atoms with van der Waals surface area (Å²) in [6.07, 6.45) is 0. The van der Waals surface area contributed by atoms with Crippen molar-refractivity contribution < 1.29 is 8.78 Å². The van der Waals surface area contributed by atoms with Crippen molar-refractivity contribution in [3.05, 3.63) is 35.9 Å². The fourth-order valence-electron chi connectivity index (χ4n) is 1.32. The molecule has 72 valence electrons. The molecule has 1 rings (SSSR count). The summed E-state index contributed by atoms with van der Waals surface area (Å²) in [5.41, 5.74) is 5.91.